The highest BCUT2D eigenvalue weighted by atomic mass is 79.9. The first-order valence-corrected chi connectivity index (χ1v) is 6.52. The van der Waals surface area contributed by atoms with E-state index in [1.807, 2.05) is 30.3 Å². The molecule has 0 unspecified atom stereocenters. The number of nitrogens with zero attached hydrogens (tertiary/aromatic N) is 2. The highest BCUT2D eigenvalue weighted by Gasteiger charge is 2.15. The van der Waals surface area contributed by atoms with E-state index >= 15 is 0 Å². The fourth-order valence-electron chi connectivity index (χ4n) is 1.78. The smallest absolute Gasteiger partial charge is 0.217 e. The van der Waals surface area contributed by atoms with Gasteiger partial charge in [0.25, 0.3) is 0 Å². The lowest BCUT2D eigenvalue weighted by Gasteiger charge is -2.07. The molecule has 0 aliphatic heterocycles. The second kappa shape index (κ2) is 4.99. The molecule has 2 heterocycles. The summed E-state index contributed by atoms with van der Waals surface area (Å²) in [5.41, 5.74) is 7.12. The van der Waals surface area contributed by atoms with E-state index < -0.39 is 0 Å². The second-order valence-electron chi connectivity index (χ2n) is 4.04. The molecule has 6 heteroatoms. The second-order valence-corrected chi connectivity index (χ2v) is 4.82. The number of nitrogens with one attached hydrogen (secondary N) is 1. The molecule has 0 saturated heterocycles. The van der Waals surface area contributed by atoms with Crippen LogP contribution >= 0.6 is 15.9 Å². The molecule has 0 fully saturated rings. The number of nitrogens with two attached hydrogens (primary N) is 1. The number of aromatic amines is 1. The Labute approximate surface area is 118 Å². The van der Waals surface area contributed by atoms with Crippen LogP contribution in [0, 0.1) is 0 Å². The van der Waals surface area contributed by atoms with Gasteiger partial charge < -0.3 is 10.2 Å². The SMILES string of the molecule is N[C@@H](c1ccccc1)c1nc(-c2ccc(Br)o2)n[nH]1. The first-order valence-electron chi connectivity index (χ1n) is 5.72. The van der Waals surface area contributed by atoms with Crippen molar-refractivity contribution in [1.82, 2.24) is 15.2 Å². The van der Waals surface area contributed by atoms with Crippen LogP contribution in [0.2, 0.25) is 0 Å². The van der Waals surface area contributed by atoms with Gasteiger partial charge in [-0.15, -0.1) is 5.10 Å². The van der Waals surface area contributed by atoms with Crippen molar-refractivity contribution >= 4 is 15.9 Å². The number of halogens is 1. The summed E-state index contributed by atoms with van der Waals surface area (Å²) in [7, 11) is 0. The minimum absolute atomic E-state index is 0.333. The summed E-state index contributed by atoms with van der Waals surface area (Å²) in [5.74, 6) is 1.69. The number of benzene rings is 1. The summed E-state index contributed by atoms with van der Waals surface area (Å²) >= 11 is 3.24. The lowest BCUT2D eigenvalue weighted by molar-refractivity contribution is 0.551. The molecular weight excluding hydrogens is 308 g/mol. The van der Waals surface area contributed by atoms with Crippen molar-refractivity contribution in [2.24, 2.45) is 5.73 Å². The summed E-state index contributed by atoms with van der Waals surface area (Å²) in [6.07, 6.45) is 0. The van der Waals surface area contributed by atoms with Crippen molar-refractivity contribution in [3.8, 4) is 11.6 Å². The topological polar surface area (TPSA) is 80.7 Å². The summed E-state index contributed by atoms with van der Waals surface area (Å²) in [4.78, 5) is 4.36. The molecule has 96 valence electrons. The predicted octanol–water partition coefficient (Wildman–Crippen LogP) is 2.88. The van der Waals surface area contributed by atoms with Gasteiger partial charge in [-0.05, 0) is 33.6 Å². The Hall–Kier alpha value is -1.92. The fourth-order valence-corrected chi connectivity index (χ4v) is 2.08. The quantitative estimate of drug-likeness (QED) is 0.778. The highest BCUT2D eigenvalue weighted by molar-refractivity contribution is 9.10. The zero-order chi connectivity index (χ0) is 13.2. The van der Waals surface area contributed by atoms with Crippen LogP contribution in [-0.4, -0.2) is 15.2 Å². The highest BCUT2D eigenvalue weighted by Crippen LogP contribution is 2.23. The molecule has 19 heavy (non-hydrogen) atoms. The zero-order valence-electron chi connectivity index (χ0n) is 9.88. The van der Waals surface area contributed by atoms with Gasteiger partial charge >= 0.3 is 0 Å². The maximum absolute atomic E-state index is 6.14. The van der Waals surface area contributed by atoms with Crippen molar-refractivity contribution in [3.63, 3.8) is 0 Å². The van der Waals surface area contributed by atoms with Gasteiger partial charge in [0.05, 0.1) is 6.04 Å². The minimum Gasteiger partial charge on any atom is -0.446 e. The molecule has 0 amide bonds. The molecule has 0 bridgehead atoms. The van der Waals surface area contributed by atoms with E-state index in [1.54, 1.807) is 12.1 Å². The third kappa shape index (κ3) is 2.45. The number of furan rings is 1. The van der Waals surface area contributed by atoms with Gasteiger partial charge in [0.15, 0.2) is 10.4 Å². The summed E-state index contributed by atoms with van der Waals surface area (Å²) in [6.45, 7) is 0. The van der Waals surface area contributed by atoms with Crippen molar-refractivity contribution < 1.29 is 4.42 Å². The van der Waals surface area contributed by atoms with Crippen LogP contribution in [0.1, 0.15) is 17.4 Å². The number of rotatable bonds is 3. The molecule has 0 aliphatic rings. The molecule has 0 radical (unpaired) electrons. The lowest BCUT2D eigenvalue weighted by atomic mass is 10.1. The molecule has 0 saturated carbocycles. The fraction of sp³-hybridized carbons (Fsp3) is 0.0769. The van der Waals surface area contributed by atoms with Gasteiger partial charge in [-0.3, -0.25) is 5.10 Å². The maximum Gasteiger partial charge on any atom is 0.217 e. The zero-order valence-corrected chi connectivity index (χ0v) is 11.5. The molecule has 5 nitrogen and oxygen atoms in total. The average molecular weight is 319 g/mol. The van der Waals surface area contributed by atoms with E-state index in [4.69, 9.17) is 10.2 Å². The first kappa shape index (κ1) is 12.1. The third-order valence-corrected chi connectivity index (χ3v) is 3.18. The monoisotopic (exact) mass is 318 g/mol. The number of H-pyrrole nitrogens is 1. The Kier molecular flexibility index (Phi) is 3.18. The van der Waals surface area contributed by atoms with E-state index in [-0.39, 0.29) is 6.04 Å². The van der Waals surface area contributed by atoms with Crippen molar-refractivity contribution in [3.05, 3.63) is 58.5 Å². The van der Waals surface area contributed by atoms with Crippen LogP contribution in [0.4, 0.5) is 0 Å². The van der Waals surface area contributed by atoms with Crippen molar-refractivity contribution in [2.45, 2.75) is 6.04 Å². The van der Waals surface area contributed by atoms with Crippen LogP contribution in [0.3, 0.4) is 0 Å². The minimum atomic E-state index is -0.333. The van der Waals surface area contributed by atoms with E-state index in [1.165, 1.54) is 0 Å². The van der Waals surface area contributed by atoms with E-state index in [9.17, 15) is 0 Å². The number of hydrogen-bond acceptors (Lipinski definition) is 4. The summed E-state index contributed by atoms with van der Waals surface area (Å²) in [5, 5.41) is 6.97. The van der Waals surface area contributed by atoms with E-state index in [0.717, 1.165) is 5.56 Å². The van der Waals surface area contributed by atoms with Crippen LogP contribution in [0.15, 0.2) is 51.6 Å². The number of hydrogen-bond donors (Lipinski definition) is 2. The molecule has 2 aromatic heterocycles. The van der Waals surface area contributed by atoms with Crippen LogP contribution in [0.25, 0.3) is 11.6 Å². The van der Waals surface area contributed by atoms with E-state index in [2.05, 4.69) is 31.1 Å². The molecule has 0 spiro atoms. The average Bonchev–Trinajstić information content (AvgIpc) is 3.07. The Morgan fingerprint density at radius 1 is 1.16 bits per heavy atom. The summed E-state index contributed by atoms with van der Waals surface area (Å²) < 4.78 is 6.04. The van der Waals surface area contributed by atoms with Gasteiger partial charge in [0, 0.05) is 0 Å². The maximum atomic E-state index is 6.14. The number of aromatic nitrogens is 3. The van der Waals surface area contributed by atoms with Gasteiger partial charge in [-0.25, -0.2) is 4.98 Å². The van der Waals surface area contributed by atoms with Crippen molar-refractivity contribution in [1.29, 1.82) is 0 Å². The van der Waals surface area contributed by atoms with Gasteiger partial charge in [0.1, 0.15) is 5.82 Å². The molecular formula is C13H11BrN4O. The van der Waals surface area contributed by atoms with Crippen LogP contribution in [0.5, 0.6) is 0 Å². The lowest BCUT2D eigenvalue weighted by Crippen LogP contribution is -2.13. The Morgan fingerprint density at radius 2 is 1.95 bits per heavy atom. The van der Waals surface area contributed by atoms with Crippen LogP contribution in [-0.2, 0) is 0 Å². The normalized spacial score (nSPS) is 12.5. The Morgan fingerprint density at radius 3 is 2.63 bits per heavy atom. The predicted molar refractivity (Wildman–Crippen MR) is 74.3 cm³/mol. The largest absolute Gasteiger partial charge is 0.446 e. The van der Waals surface area contributed by atoms with Crippen molar-refractivity contribution in [2.75, 3.05) is 0 Å². The first-order chi connectivity index (χ1) is 9.24. The molecule has 3 N–H and O–H groups in total. The van der Waals surface area contributed by atoms with Crippen LogP contribution < -0.4 is 5.73 Å². The Bertz CT molecular complexity index is 677. The Balaban J connectivity index is 1.89. The summed E-state index contributed by atoms with van der Waals surface area (Å²) in [6, 6.07) is 13.0. The third-order valence-electron chi connectivity index (χ3n) is 2.75. The van der Waals surface area contributed by atoms with Gasteiger partial charge in [-0.1, -0.05) is 30.3 Å². The van der Waals surface area contributed by atoms with E-state index in [0.29, 0.717) is 22.1 Å². The molecule has 1 atom stereocenters. The van der Waals surface area contributed by atoms with Gasteiger partial charge in [-0.2, -0.15) is 0 Å². The van der Waals surface area contributed by atoms with Gasteiger partial charge in [0.2, 0.25) is 5.82 Å². The molecule has 1 aromatic carbocycles. The molecule has 0 aliphatic carbocycles. The molecule has 3 aromatic rings. The molecule has 3 rings (SSSR count). The standard InChI is InChI=1S/C13H11BrN4O/c14-10-7-6-9(19-10)12-16-13(18-17-12)11(15)8-4-2-1-3-5-8/h1-7,11H,15H2,(H,16,17,18)/t11-/m0/s1.